The summed E-state index contributed by atoms with van der Waals surface area (Å²) in [5.41, 5.74) is -1.25. The summed E-state index contributed by atoms with van der Waals surface area (Å²) in [6, 6.07) is 0. The minimum atomic E-state index is -1.30. The van der Waals surface area contributed by atoms with Gasteiger partial charge in [-0.25, -0.2) is 0 Å². The van der Waals surface area contributed by atoms with Crippen LogP contribution >= 0.6 is 0 Å². The number of rotatable bonds is 5. The number of ether oxygens (including phenoxy) is 4. The SMILES string of the molecule is C[C@H]1O[C@@H](O[C@H]2CC[C@@]3(C)[C@@H](C=C[C@@H]4[C@@H]3CC[C@@]3(C)[C@H]4CC[C@]3(O)[C@@H](C)O[C@H]3C[C@@H](O)[C@H](O)[C@@H](C)O3)C2)[C@H](O)[C@@H](O)[C@H]1O. The van der Waals surface area contributed by atoms with E-state index in [2.05, 4.69) is 26.0 Å². The van der Waals surface area contributed by atoms with E-state index in [4.69, 9.17) is 18.9 Å². The van der Waals surface area contributed by atoms with Gasteiger partial charge in [0, 0.05) is 11.8 Å². The highest BCUT2D eigenvalue weighted by atomic mass is 16.7. The number of aliphatic hydroxyl groups is 6. The average Bonchev–Trinajstić information content (AvgIpc) is 3.25. The molecule has 4 aliphatic carbocycles. The fourth-order valence-electron chi connectivity index (χ4n) is 10.2. The van der Waals surface area contributed by atoms with Gasteiger partial charge in [-0.05, 0) is 94.8 Å². The van der Waals surface area contributed by atoms with Crippen LogP contribution in [0.2, 0.25) is 0 Å². The van der Waals surface area contributed by atoms with Gasteiger partial charge in [-0.1, -0.05) is 26.0 Å². The van der Waals surface area contributed by atoms with Crippen molar-refractivity contribution in [3.05, 3.63) is 12.2 Å². The first-order valence-corrected chi connectivity index (χ1v) is 16.6. The van der Waals surface area contributed by atoms with E-state index in [1.165, 1.54) is 0 Å². The summed E-state index contributed by atoms with van der Waals surface area (Å²) in [5.74, 6) is 1.50. The van der Waals surface area contributed by atoms with Crippen molar-refractivity contribution in [2.45, 2.75) is 159 Å². The van der Waals surface area contributed by atoms with Gasteiger partial charge in [-0.3, -0.25) is 0 Å². The van der Waals surface area contributed by atoms with Crippen LogP contribution in [0.25, 0.3) is 0 Å². The molecule has 0 spiro atoms. The lowest BCUT2D eigenvalue weighted by molar-refractivity contribution is -0.308. The van der Waals surface area contributed by atoms with E-state index in [1.54, 1.807) is 13.8 Å². The fourth-order valence-corrected chi connectivity index (χ4v) is 10.2. The van der Waals surface area contributed by atoms with Crippen molar-refractivity contribution in [1.82, 2.24) is 0 Å². The lowest BCUT2D eigenvalue weighted by Gasteiger charge is -2.60. The number of allylic oxidation sites excluding steroid dienone is 2. The monoisotopic (exact) mass is 610 g/mol. The molecule has 3 saturated carbocycles. The first-order valence-electron chi connectivity index (χ1n) is 16.6. The van der Waals surface area contributed by atoms with Gasteiger partial charge in [-0.2, -0.15) is 0 Å². The van der Waals surface area contributed by atoms with Crippen molar-refractivity contribution in [2.75, 3.05) is 0 Å². The van der Waals surface area contributed by atoms with E-state index in [0.717, 1.165) is 38.5 Å². The zero-order chi connectivity index (χ0) is 31.1. The number of fused-ring (bicyclic) bond motifs is 5. The summed E-state index contributed by atoms with van der Waals surface area (Å²) >= 11 is 0. The fraction of sp³-hybridized carbons (Fsp3) is 0.939. The number of aliphatic hydroxyl groups excluding tert-OH is 5. The molecular weight excluding hydrogens is 556 g/mol. The van der Waals surface area contributed by atoms with Gasteiger partial charge in [-0.15, -0.1) is 0 Å². The molecule has 6 rings (SSSR count). The van der Waals surface area contributed by atoms with Crippen molar-refractivity contribution in [3.63, 3.8) is 0 Å². The maximum absolute atomic E-state index is 12.3. The molecule has 0 amide bonds. The van der Waals surface area contributed by atoms with Crippen molar-refractivity contribution in [3.8, 4) is 0 Å². The van der Waals surface area contributed by atoms with E-state index in [-0.39, 0.29) is 23.4 Å². The van der Waals surface area contributed by atoms with Crippen molar-refractivity contribution < 1.29 is 49.6 Å². The van der Waals surface area contributed by atoms with Gasteiger partial charge in [0.25, 0.3) is 0 Å². The molecule has 246 valence electrons. The van der Waals surface area contributed by atoms with Crippen LogP contribution < -0.4 is 0 Å². The van der Waals surface area contributed by atoms with E-state index in [0.29, 0.717) is 30.1 Å². The Kier molecular flexibility index (Phi) is 8.67. The predicted molar refractivity (Wildman–Crippen MR) is 155 cm³/mol. The Hall–Kier alpha value is -0.660. The van der Waals surface area contributed by atoms with Crippen LogP contribution in [-0.2, 0) is 18.9 Å². The molecule has 5 fully saturated rings. The van der Waals surface area contributed by atoms with E-state index in [1.807, 2.05) is 6.92 Å². The Labute approximate surface area is 255 Å². The van der Waals surface area contributed by atoms with Gasteiger partial charge in [0.05, 0.1) is 36.1 Å². The number of hydrogen-bond acceptors (Lipinski definition) is 10. The molecule has 10 heteroatoms. The smallest absolute Gasteiger partial charge is 0.186 e. The predicted octanol–water partition coefficient (Wildman–Crippen LogP) is 2.01. The van der Waals surface area contributed by atoms with E-state index >= 15 is 0 Å². The zero-order valence-electron chi connectivity index (χ0n) is 26.3. The number of hydrogen-bond donors (Lipinski definition) is 6. The van der Waals surface area contributed by atoms with Gasteiger partial charge in [0.15, 0.2) is 12.6 Å². The lowest BCUT2D eigenvalue weighted by atomic mass is 9.46. The molecule has 6 aliphatic rings. The third-order valence-corrected chi connectivity index (χ3v) is 13.2. The van der Waals surface area contributed by atoms with Gasteiger partial charge in [0.2, 0.25) is 0 Å². The van der Waals surface area contributed by atoms with Crippen molar-refractivity contribution >= 4 is 0 Å². The summed E-state index contributed by atoms with van der Waals surface area (Å²) in [7, 11) is 0. The minimum absolute atomic E-state index is 0.0987. The van der Waals surface area contributed by atoms with Crippen LogP contribution in [-0.4, -0.2) is 104 Å². The molecule has 2 aliphatic heterocycles. The van der Waals surface area contributed by atoms with Crippen LogP contribution in [0.1, 0.15) is 86.0 Å². The van der Waals surface area contributed by atoms with Gasteiger partial charge < -0.3 is 49.6 Å². The minimum Gasteiger partial charge on any atom is -0.390 e. The molecule has 0 aromatic heterocycles. The Morgan fingerprint density at radius 2 is 1.49 bits per heavy atom. The highest BCUT2D eigenvalue weighted by Crippen LogP contribution is 2.67. The molecule has 2 saturated heterocycles. The van der Waals surface area contributed by atoms with Crippen LogP contribution in [0.4, 0.5) is 0 Å². The van der Waals surface area contributed by atoms with Crippen LogP contribution in [0.5, 0.6) is 0 Å². The Balaban J connectivity index is 1.13. The molecule has 0 bridgehead atoms. The second-order valence-corrected chi connectivity index (χ2v) is 15.3. The third kappa shape index (κ3) is 5.16. The molecule has 0 unspecified atom stereocenters. The Morgan fingerprint density at radius 1 is 0.791 bits per heavy atom. The second kappa shape index (κ2) is 11.5. The zero-order valence-corrected chi connectivity index (χ0v) is 26.3. The molecule has 0 radical (unpaired) electrons. The summed E-state index contributed by atoms with van der Waals surface area (Å²) in [4.78, 5) is 0. The molecule has 2 heterocycles. The molecule has 6 N–H and O–H groups in total. The molecule has 0 aromatic carbocycles. The molecule has 18 atom stereocenters. The Bertz CT molecular complexity index is 1030. The topological polar surface area (TPSA) is 158 Å². The standard InChI is InChI=1S/C33H54O10/c1-16-26(35)24(34)15-25(40-16)42-18(3)33(39)13-10-23-21-7-6-19-14-20(43-30-29(38)28(37)27(36)17(2)41-30)8-11-31(19,4)22(21)9-12-32(23,33)5/h6-7,16-30,34-39H,8-15H2,1-5H3/t16-,17-,18-,19+,20+,21-,22+,23+,24-,25+,26-,27+,28+,29-,30+,31+,32+,33+/m1/s1. The highest BCUT2D eigenvalue weighted by molar-refractivity contribution is 5.21. The van der Waals surface area contributed by atoms with E-state index in [9.17, 15) is 30.6 Å². The second-order valence-electron chi connectivity index (χ2n) is 15.3. The van der Waals surface area contributed by atoms with E-state index < -0.39 is 67.0 Å². The Morgan fingerprint density at radius 3 is 2.21 bits per heavy atom. The van der Waals surface area contributed by atoms with Gasteiger partial charge in [0.1, 0.15) is 24.4 Å². The van der Waals surface area contributed by atoms with Crippen molar-refractivity contribution in [2.24, 2.45) is 34.5 Å². The molecule has 0 aromatic rings. The normalized spacial score (nSPS) is 57.5. The van der Waals surface area contributed by atoms with Crippen LogP contribution in [0.3, 0.4) is 0 Å². The summed E-state index contributed by atoms with van der Waals surface area (Å²) in [6.07, 6.45) is 2.08. The largest absolute Gasteiger partial charge is 0.390 e. The average molecular weight is 611 g/mol. The maximum Gasteiger partial charge on any atom is 0.186 e. The molecule has 43 heavy (non-hydrogen) atoms. The third-order valence-electron chi connectivity index (χ3n) is 13.2. The molecular formula is C33H54O10. The summed E-state index contributed by atoms with van der Waals surface area (Å²) in [5, 5.41) is 63.4. The molecule has 10 nitrogen and oxygen atoms in total. The first-order chi connectivity index (χ1) is 20.2. The van der Waals surface area contributed by atoms with Crippen LogP contribution in [0, 0.1) is 34.5 Å². The summed E-state index contributed by atoms with van der Waals surface area (Å²) < 4.78 is 24.1. The maximum atomic E-state index is 12.3. The highest BCUT2D eigenvalue weighted by Gasteiger charge is 2.66. The quantitative estimate of drug-likeness (QED) is 0.254. The van der Waals surface area contributed by atoms with Crippen LogP contribution in [0.15, 0.2) is 12.2 Å². The summed E-state index contributed by atoms with van der Waals surface area (Å²) in [6.45, 7) is 9.97. The van der Waals surface area contributed by atoms with Gasteiger partial charge >= 0.3 is 0 Å². The first kappa shape index (κ1) is 32.3. The van der Waals surface area contributed by atoms with Crippen molar-refractivity contribution in [1.29, 1.82) is 0 Å². The lowest BCUT2D eigenvalue weighted by Crippen LogP contribution is -2.60.